The monoisotopic (exact) mass is 439 g/mol. The van der Waals surface area contributed by atoms with Crippen molar-refractivity contribution >= 4 is 53.9 Å². The Morgan fingerprint density at radius 1 is 1.15 bits per heavy atom. The Balaban J connectivity index is 2.00. The topological polar surface area (TPSA) is 96.6 Å². The summed E-state index contributed by atoms with van der Waals surface area (Å²) in [5.41, 5.74) is 1.07. The average Bonchev–Trinajstić information content (AvgIpc) is 2.90. The molecular weight excluding hydrogens is 422 g/mol. The number of furan rings is 1. The molecule has 3 aromatic rings. The lowest BCUT2D eigenvalue weighted by Gasteiger charge is -2.16. The first-order chi connectivity index (χ1) is 12.2. The van der Waals surface area contributed by atoms with Crippen LogP contribution in [0, 0.1) is 5.92 Å². The molecule has 0 amide bonds. The molecule has 0 saturated carbocycles. The number of aliphatic carboxylic acids is 1. The van der Waals surface area contributed by atoms with Crippen LogP contribution in [0.1, 0.15) is 20.3 Å². The molecule has 8 heteroatoms. The lowest BCUT2D eigenvalue weighted by Crippen LogP contribution is -2.41. The maximum absolute atomic E-state index is 12.6. The number of hydrogen-bond donors (Lipinski definition) is 2. The minimum atomic E-state index is -3.99. The van der Waals surface area contributed by atoms with E-state index in [0.717, 1.165) is 15.2 Å². The summed E-state index contributed by atoms with van der Waals surface area (Å²) in [5.74, 6) is -1.16. The number of fused-ring (bicyclic) bond motifs is 3. The third-order valence-corrected chi connectivity index (χ3v) is 5.98. The van der Waals surface area contributed by atoms with Crippen LogP contribution in [0.15, 0.2) is 50.2 Å². The second-order valence-corrected chi connectivity index (χ2v) is 9.17. The maximum atomic E-state index is 12.6. The van der Waals surface area contributed by atoms with Gasteiger partial charge in [-0.15, -0.1) is 0 Å². The van der Waals surface area contributed by atoms with E-state index < -0.39 is 22.0 Å². The lowest BCUT2D eigenvalue weighted by atomic mass is 10.1. The fraction of sp³-hybridized carbons (Fsp3) is 0.278. The van der Waals surface area contributed by atoms with Crippen LogP contribution in [0.25, 0.3) is 21.9 Å². The van der Waals surface area contributed by atoms with Gasteiger partial charge >= 0.3 is 5.97 Å². The Hall–Kier alpha value is -1.90. The molecule has 0 aliphatic rings. The van der Waals surface area contributed by atoms with Crippen molar-refractivity contribution in [3.8, 4) is 0 Å². The van der Waals surface area contributed by atoms with Gasteiger partial charge in [-0.3, -0.25) is 4.79 Å². The highest BCUT2D eigenvalue weighted by Crippen LogP contribution is 2.32. The molecule has 1 atom stereocenters. The van der Waals surface area contributed by atoms with Crippen molar-refractivity contribution in [3.63, 3.8) is 0 Å². The number of sulfonamides is 1. The van der Waals surface area contributed by atoms with E-state index in [9.17, 15) is 18.3 Å². The van der Waals surface area contributed by atoms with Crippen LogP contribution in [-0.4, -0.2) is 25.5 Å². The van der Waals surface area contributed by atoms with Crippen LogP contribution in [0.5, 0.6) is 0 Å². The molecule has 26 heavy (non-hydrogen) atoms. The van der Waals surface area contributed by atoms with Gasteiger partial charge in [0.2, 0.25) is 10.0 Å². The highest BCUT2D eigenvalue weighted by molar-refractivity contribution is 9.10. The number of carboxylic acids is 1. The van der Waals surface area contributed by atoms with Gasteiger partial charge in [-0.2, -0.15) is 4.72 Å². The van der Waals surface area contributed by atoms with Crippen LogP contribution in [0.4, 0.5) is 0 Å². The normalized spacial score (nSPS) is 13.5. The molecule has 0 saturated heterocycles. The highest BCUT2D eigenvalue weighted by atomic mass is 79.9. The van der Waals surface area contributed by atoms with E-state index >= 15 is 0 Å². The van der Waals surface area contributed by atoms with E-state index in [4.69, 9.17) is 4.42 Å². The Morgan fingerprint density at radius 2 is 1.88 bits per heavy atom. The third-order valence-electron chi connectivity index (χ3n) is 4.02. The molecule has 0 aliphatic heterocycles. The summed E-state index contributed by atoms with van der Waals surface area (Å²) in [4.78, 5) is 11.3. The summed E-state index contributed by atoms with van der Waals surface area (Å²) in [7, 11) is -3.99. The van der Waals surface area contributed by atoms with E-state index in [2.05, 4.69) is 20.7 Å². The van der Waals surface area contributed by atoms with Crippen molar-refractivity contribution < 1.29 is 22.7 Å². The molecule has 0 radical (unpaired) electrons. The number of carboxylic acid groups (broad SMARTS) is 1. The molecule has 138 valence electrons. The number of hydrogen-bond acceptors (Lipinski definition) is 4. The van der Waals surface area contributed by atoms with Crippen molar-refractivity contribution in [3.05, 3.63) is 40.9 Å². The van der Waals surface area contributed by atoms with E-state index in [1.165, 1.54) is 12.1 Å². The number of nitrogens with one attached hydrogen (secondary N) is 1. The molecule has 0 unspecified atom stereocenters. The zero-order chi connectivity index (χ0) is 19.1. The van der Waals surface area contributed by atoms with Crippen molar-refractivity contribution in [2.24, 2.45) is 5.92 Å². The Kier molecular flexibility index (Phi) is 5.09. The van der Waals surface area contributed by atoms with Crippen molar-refractivity contribution in [1.29, 1.82) is 0 Å². The first kappa shape index (κ1) is 18.9. The summed E-state index contributed by atoms with van der Waals surface area (Å²) < 4.78 is 34.1. The zero-order valence-corrected chi connectivity index (χ0v) is 16.6. The molecule has 0 spiro atoms. The van der Waals surface area contributed by atoms with E-state index in [1.54, 1.807) is 12.1 Å². The largest absolute Gasteiger partial charge is 0.480 e. The van der Waals surface area contributed by atoms with Gasteiger partial charge in [0.05, 0.1) is 4.90 Å². The molecule has 6 nitrogen and oxygen atoms in total. The molecule has 2 aromatic carbocycles. The predicted molar refractivity (Wildman–Crippen MR) is 103 cm³/mol. The molecule has 3 rings (SSSR count). The van der Waals surface area contributed by atoms with Crippen LogP contribution in [0.3, 0.4) is 0 Å². The Bertz CT molecular complexity index is 1090. The fourth-order valence-electron chi connectivity index (χ4n) is 2.82. The van der Waals surface area contributed by atoms with Gasteiger partial charge in [0, 0.05) is 21.3 Å². The van der Waals surface area contributed by atoms with Gasteiger partial charge in [-0.05, 0) is 42.7 Å². The first-order valence-corrected chi connectivity index (χ1v) is 10.3. The lowest BCUT2D eigenvalue weighted by molar-refractivity contribution is -0.139. The van der Waals surface area contributed by atoms with Crippen LogP contribution >= 0.6 is 15.9 Å². The van der Waals surface area contributed by atoms with Crippen LogP contribution in [-0.2, 0) is 14.8 Å². The molecule has 0 aliphatic carbocycles. The van der Waals surface area contributed by atoms with Crippen molar-refractivity contribution in [2.75, 3.05) is 0 Å². The number of benzene rings is 2. The second-order valence-electron chi connectivity index (χ2n) is 6.54. The third kappa shape index (κ3) is 3.77. The number of carbonyl (C=O) groups is 1. The maximum Gasteiger partial charge on any atom is 0.321 e. The standard InChI is InChI=1S/C18H18BrNO5S/c1-10(2)7-15(18(21)22)20-26(23,24)12-4-5-13-14-8-11(19)3-6-16(14)25-17(13)9-12/h3-6,8-10,15,20H,7H2,1-2H3,(H,21,22)/t15-/m0/s1. The molecule has 1 heterocycles. The Morgan fingerprint density at radius 3 is 2.54 bits per heavy atom. The van der Waals surface area contributed by atoms with Crippen LogP contribution in [0.2, 0.25) is 0 Å². The quantitative estimate of drug-likeness (QED) is 0.601. The van der Waals surface area contributed by atoms with E-state index in [-0.39, 0.29) is 17.2 Å². The van der Waals surface area contributed by atoms with E-state index in [0.29, 0.717) is 11.2 Å². The van der Waals surface area contributed by atoms with Gasteiger partial charge in [0.1, 0.15) is 17.2 Å². The molecular formula is C18H18BrNO5S. The number of rotatable bonds is 6. The molecule has 0 bridgehead atoms. The van der Waals surface area contributed by atoms with Gasteiger partial charge in [-0.25, -0.2) is 8.42 Å². The Labute approximate surface area is 159 Å². The SMILES string of the molecule is CC(C)C[C@H](NS(=O)(=O)c1ccc2c(c1)oc1ccc(Br)cc12)C(=O)O. The van der Waals surface area contributed by atoms with E-state index in [1.807, 2.05) is 26.0 Å². The minimum absolute atomic E-state index is 0.0295. The zero-order valence-electron chi connectivity index (χ0n) is 14.2. The molecule has 0 fully saturated rings. The minimum Gasteiger partial charge on any atom is -0.480 e. The molecule has 1 aromatic heterocycles. The van der Waals surface area contributed by atoms with Crippen molar-refractivity contribution in [2.45, 2.75) is 31.2 Å². The summed E-state index contributed by atoms with van der Waals surface area (Å²) in [5, 5.41) is 10.9. The van der Waals surface area contributed by atoms with Gasteiger partial charge < -0.3 is 9.52 Å². The fourth-order valence-corrected chi connectivity index (χ4v) is 4.40. The smallest absolute Gasteiger partial charge is 0.321 e. The predicted octanol–water partition coefficient (Wildman–Crippen LogP) is 4.13. The highest BCUT2D eigenvalue weighted by Gasteiger charge is 2.26. The summed E-state index contributed by atoms with van der Waals surface area (Å²) in [6.07, 6.45) is 0.204. The summed E-state index contributed by atoms with van der Waals surface area (Å²) in [6.45, 7) is 3.67. The average molecular weight is 440 g/mol. The van der Waals surface area contributed by atoms with Crippen molar-refractivity contribution in [1.82, 2.24) is 4.72 Å². The number of halogens is 1. The van der Waals surface area contributed by atoms with Gasteiger partial charge in [0.15, 0.2) is 0 Å². The summed E-state index contributed by atoms with van der Waals surface area (Å²) in [6, 6.07) is 8.90. The summed E-state index contributed by atoms with van der Waals surface area (Å²) >= 11 is 3.41. The van der Waals surface area contributed by atoms with Gasteiger partial charge in [-0.1, -0.05) is 29.8 Å². The van der Waals surface area contributed by atoms with Gasteiger partial charge in [0.25, 0.3) is 0 Å². The van der Waals surface area contributed by atoms with Crippen LogP contribution < -0.4 is 4.72 Å². The molecule has 2 N–H and O–H groups in total. The first-order valence-electron chi connectivity index (χ1n) is 8.04. The second kappa shape index (κ2) is 7.02.